The molecule has 7 heteroatoms. The lowest BCUT2D eigenvalue weighted by Crippen LogP contribution is -2.06. The minimum absolute atomic E-state index is 0.0553. The molecule has 0 saturated carbocycles. The second-order valence-electron chi connectivity index (χ2n) is 5.28. The summed E-state index contributed by atoms with van der Waals surface area (Å²) in [5.74, 6) is -2.61. The molecule has 0 atom stereocenters. The van der Waals surface area contributed by atoms with E-state index in [9.17, 15) is 13.6 Å². The van der Waals surface area contributed by atoms with E-state index in [4.69, 9.17) is 4.74 Å². The first-order valence-electron chi connectivity index (χ1n) is 7.69. The van der Waals surface area contributed by atoms with Gasteiger partial charge in [-0.15, -0.1) is 0 Å². The number of hydrogen-bond acceptors (Lipinski definition) is 4. The van der Waals surface area contributed by atoms with Crippen molar-refractivity contribution in [2.75, 3.05) is 0 Å². The maximum absolute atomic E-state index is 14.0. The topological polar surface area (TPSA) is 57.0 Å². The summed E-state index contributed by atoms with van der Waals surface area (Å²) in [4.78, 5) is 15.6. The number of pyridine rings is 1. The first-order valence-corrected chi connectivity index (χ1v) is 7.69. The Labute approximate surface area is 142 Å². The molecule has 2 aromatic heterocycles. The normalized spacial score (nSPS) is 10.7. The van der Waals surface area contributed by atoms with E-state index in [0.29, 0.717) is 6.54 Å². The van der Waals surface area contributed by atoms with Crippen LogP contribution in [0.2, 0.25) is 0 Å². The monoisotopic (exact) mass is 343 g/mol. The molecule has 0 aliphatic heterocycles. The van der Waals surface area contributed by atoms with Gasteiger partial charge in [0.25, 0.3) is 0 Å². The van der Waals surface area contributed by atoms with Crippen LogP contribution in [-0.2, 0) is 17.9 Å². The zero-order chi connectivity index (χ0) is 17.8. The molecule has 25 heavy (non-hydrogen) atoms. The Bertz CT molecular complexity index is 895. The molecule has 0 aliphatic carbocycles. The van der Waals surface area contributed by atoms with E-state index in [-0.39, 0.29) is 23.4 Å². The van der Waals surface area contributed by atoms with Crippen LogP contribution in [-0.4, -0.2) is 20.7 Å². The van der Waals surface area contributed by atoms with Crippen molar-refractivity contribution in [3.05, 3.63) is 71.7 Å². The quantitative estimate of drug-likeness (QED) is 0.525. The fourth-order valence-electron chi connectivity index (χ4n) is 2.32. The van der Waals surface area contributed by atoms with Gasteiger partial charge in [-0.25, -0.2) is 4.79 Å². The molecule has 0 radical (unpaired) electrons. The van der Waals surface area contributed by atoms with Gasteiger partial charge < -0.3 is 4.74 Å². The predicted octanol–water partition coefficient (Wildman–Crippen LogP) is 3.60. The number of carbonyl (C=O) groups is 1. The van der Waals surface area contributed by atoms with Gasteiger partial charge >= 0.3 is 5.97 Å². The van der Waals surface area contributed by atoms with Crippen molar-refractivity contribution >= 4 is 5.97 Å². The zero-order valence-electron chi connectivity index (χ0n) is 13.4. The Kier molecular flexibility index (Phi) is 4.83. The van der Waals surface area contributed by atoms with Gasteiger partial charge in [0.2, 0.25) is 11.9 Å². The van der Waals surface area contributed by atoms with Crippen LogP contribution in [0.4, 0.5) is 8.78 Å². The van der Waals surface area contributed by atoms with E-state index in [1.165, 1.54) is 16.9 Å². The van der Waals surface area contributed by atoms with Gasteiger partial charge in [0.15, 0.2) is 0 Å². The van der Waals surface area contributed by atoms with E-state index < -0.39 is 17.9 Å². The molecule has 0 spiro atoms. The van der Waals surface area contributed by atoms with Crippen LogP contribution in [0.15, 0.2) is 48.7 Å². The molecule has 0 unspecified atom stereocenters. The van der Waals surface area contributed by atoms with Gasteiger partial charge in [0.05, 0.1) is 5.56 Å². The lowest BCUT2D eigenvalue weighted by atomic mass is 10.1. The molecule has 1 aromatic carbocycles. The third-order valence-electron chi connectivity index (χ3n) is 3.59. The first-order chi connectivity index (χ1) is 12.1. The third-order valence-corrected chi connectivity index (χ3v) is 3.59. The zero-order valence-corrected chi connectivity index (χ0v) is 13.4. The van der Waals surface area contributed by atoms with Gasteiger partial charge in [0, 0.05) is 12.7 Å². The van der Waals surface area contributed by atoms with Crippen LogP contribution in [0.25, 0.3) is 11.3 Å². The number of aromatic nitrogens is 3. The van der Waals surface area contributed by atoms with E-state index in [1.807, 2.05) is 37.3 Å². The smallest absolute Gasteiger partial charge is 0.342 e. The summed E-state index contributed by atoms with van der Waals surface area (Å²) in [7, 11) is 0. The van der Waals surface area contributed by atoms with Crippen LogP contribution in [0, 0.1) is 11.9 Å². The number of esters is 1. The van der Waals surface area contributed by atoms with E-state index in [2.05, 4.69) is 10.1 Å². The highest BCUT2D eigenvalue weighted by Gasteiger charge is 2.22. The number of benzene rings is 1. The number of halogens is 2. The number of hydrogen-bond donors (Lipinski definition) is 0. The Morgan fingerprint density at radius 3 is 2.60 bits per heavy atom. The maximum atomic E-state index is 14.0. The lowest BCUT2D eigenvalue weighted by Gasteiger charge is -2.05. The number of carbonyl (C=O) groups excluding carboxylic acids is 1. The van der Waals surface area contributed by atoms with Crippen LogP contribution < -0.4 is 0 Å². The van der Waals surface area contributed by atoms with Crippen LogP contribution >= 0.6 is 0 Å². The van der Waals surface area contributed by atoms with Gasteiger partial charge in [-0.05, 0) is 24.6 Å². The summed E-state index contributed by atoms with van der Waals surface area (Å²) in [5, 5.41) is 4.18. The Morgan fingerprint density at radius 2 is 1.92 bits per heavy atom. The van der Waals surface area contributed by atoms with Crippen LogP contribution in [0.3, 0.4) is 0 Å². The molecule has 5 nitrogen and oxygen atoms in total. The molecular weight excluding hydrogens is 328 g/mol. The highest BCUT2D eigenvalue weighted by Crippen LogP contribution is 2.25. The van der Waals surface area contributed by atoms with E-state index in [1.54, 1.807) is 0 Å². The summed E-state index contributed by atoms with van der Waals surface area (Å²) < 4.78 is 33.8. The van der Waals surface area contributed by atoms with E-state index in [0.717, 1.165) is 11.6 Å². The number of ether oxygens (including phenoxy) is 1. The maximum Gasteiger partial charge on any atom is 0.342 e. The summed E-state index contributed by atoms with van der Waals surface area (Å²) in [6.07, 6.45) is 1.48. The summed E-state index contributed by atoms with van der Waals surface area (Å²) in [6, 6.07) is 11.4. The highest BCUT2D eigenvalue weighted by molar-refractivity contribution is 5.96. The van der Waals surface area contributed by atoms with Crippen LogP contribution in [0.1, 0.15) is 22.8 Å². The predicted molar refractivity (Wildman–Crippen MR) is 86.6 cm³/mol. The van der Waals surface area contributed by atoms with Crippen molar-refractivity contribution in [3.8, 4) is 11.3 Å². The molecule has 3 aromatic rings. The van der Waals surface area contributed by atoms with Crippen molar-refractivity contribution in [1.29, 1.82) is 0 Å². The van der Waals surface area contributed by atoms with E-state index >= 15 is 0 Å². The lowest BCUT2D eigenvalue weighted by molar-refractivity contribution is 0.0473. The standard InChI is InChI=1S/C18H15F2N3O2/c1-2-23-10-14(18(24)25-11-12-6-4-3-5-7-12)16(22-23)13-8-9-15(19)21-17(13)20/h3-10H,2,11H2,1H3. The number of rotatable bonds is 5. The second kappa shape index (κ2) is 7.21. The molecule has 2 heterocycles. The first kappa shape index (κ1) is 16.8. The molecule has 3 rings (SSSR count). The number of nitrogens with zero attached hydrogens (tertiary/aromatic N) is 3. The highest BCUT2D eigenvalue weighted by atomic mass is 19.1. The molecule has 0 amide bonds. The summed E-state index contributed by atoms with van der Waals surface area (Å²) in [6.45, 7) is 2.39. The molecule has 0 saturated heterocycles. The van der Waals surface area contributed by atoms with Crippen LogP contribution in [0.5, 0.6) is 0 Å². The van der Waals surface area contributed by atoms with Crippen molar-refractivity contribution < 1.29 is 18.3 Å². The summed E-state index contributed by atoms with van der Waals surface area (Å²) >= 11 is 0. The fourth-order valence-corrected chi connectivity index (χ4v) is 2.32. The average molecular weight is 343 g/mol. The van der Waals surface area contributed by atoms with Crippen molar-refractivity contribution in [1.82, 2.24) is 14.8 Å². The van der Waals surface area contributed by atoms with Gasteiger partial charge in [-0.1, -0.05) is 30.3 Å². The van der Waals surface area contributed by atoms with Gasteiger partial charge in [-0.2, -0.15) is 18.9 Å². The Morgan fingerprint density at radius 1 is 1.16 bits per heavy atom. The van der Waals surface area contributed by atoms with Crippen molar-refractivity contribution in [3.63, 3.8) is 0 Å². The summed E-state index contributed by atoms with van der Waals surface area (Å²) in [5.41, 5.74) is 0.949. The van der Waals surface area contributed by atoms with Gasteiger partial charge in [-0.3, -0.25) is 4.68 Å². The SMILES string of the molecule is CCn1cc(C(=O)OCc2ccccc2)c(-c2ccc(F)nc2F)n1. The number of aryl methyl sites for hydroxylation is 1. The molecule has 0 bridgehead atoms. The van der Waals surface area contributed by atoms with Gasteiger partial charge in [0.1, 0.15) is 17.9 Å². The van der Waals surface area contributed by atoms with Crippen molar-refractivity contribution in [2.24, 2.45) is 0 Å². The third kappa shape index (κ3) is 3.71. The molecule has 0 N–H and O–H groups in total. The molecular formula is C18H15F2N3O2. The van der Waals surface area contributed by atoms with Crippen molar-refractivity contribution in [2.45, 2.75) is 20.1 Å². The molecule has 0 aliphatic rings. The molecule has 0 fully saturated rings. The Balaban J connectivity index is 1.90. The minimum atomic E-state index is -1.03. The molecule has 128 valence electrons. The Hall–Kier alpha value is -3.09. The average Bonchev–Trinajstić information content (AvgIpc) is 3.05. The largest absolute Gasteiger partial charge is 0.457 e. The second-order valence-corrected chi connectivity index (χ2v) is 5.28. The minimum Gasteiger partial charge on any atom is -0.457 e. The fraction of sp³-hybridized carbons (Fsp3) is 0.167.